The number of aryl methyl sites for hydroxylation is 1. The molecule has 216 valence electrons. The van der Waals surface area contributed by atoms with Crippen LogP contribution in [0.4, 0.5) is 26.3 Å². The molecule has 3 rings (SSSR count). The van der Waals surface area contributed by atoms with Crippen LogP contribution in [0.1, 0.15) is 42.5 Å². The first-order valence-corrected chi connectivity index (χ1v) is 12.3. The van der Waals surface area contributed by atoms with E-state index in [2.05, 4.69) is 20.6 Å². The summed E-state index contributed by atoms with van der Waals surface area (Å²) in [4.78, 5) is 33.3. The van der Waals surface area contributed by atoms with Crippen LogP contribution in [0, 0.1) is 6.92 Å². The second-order valence-corrected chi connectivity index (χ2v) is 9.23. The van der Waals surface area contributed by atoms with Gasteiger partial charge in [-0.1, -0.05) is 18.2 Å². The highest BCUT2D eigenvalue weighted by Crippen LogP contribution is 2.48. The highest BCUT2D eigenvalue weighted by Gasteiger charge is 2.59. The standard InChI is InChI=1S/C27H28F6N4O3/c1-17-4-9-22(35-15-17)20-14-25(27(31,32)33,37-24(39)21(20)16-36-23(38)10-12-34-2)18-5-7-19(8-6-18)40-13-3-11-26(28,29)30/h4-9,12,15H,3,10-11,13-14,16H2,1-2H3,(H,36,38)(H,37,39)/t25-/m0/s1. The maximum absolute atomic E-state index is 14.8. The number of aliphatic imine (C=N–C) groups is 1. The molecule has 0 radical (unpaired) electrons. The summed E-state index contributed by atoms with van der Waals surface area (Å²) >= 11 is 0. The number of nitrogens with zero attached hydrogens (tertiary/aromatic N) is 2. The number of amides is 2. The minimum Gasteiger partial charge on any atom is -0.494 e. The molecule has 1 aliphatic rings. The van der Waals surface area contributed by atoms with Gasteiger partial charge in [0.15, 0.2) is 5.54 Å². The summed E-state index contributed by atoms with van der Waals surface area (Å²) in [6.07, 6.45) is -8.63. The smallest absolute Gasteiger partial charge is 0.416 e. The zero-order valence-corrected chi connectivity index (χ0v) is 21.7. The third kappa shape index (κ3) is 7.60. The molecule has 0 saturated carbocycles. The minimum absolute atomic E-state index is 0.0120. The Hall–Kier alpha value is -3.90. The molecule has 0 saturated heterocycles. The molecule has 0 unspecified atom stereocenters. The van der Waals surface area contributed by atoms with Crippen LogP contribution in [0.25, 0.3) is 5.57 Å². The molecule has 7 nitrogen and oxygen atoms in total. The Kier molecular flexibility index (Phi) is 9.59. The molecule has 0 aliphatic carbocycles. The summed E-state index contributed by atoms with van der Waals surface area (Å²) in [5.41, 5.74) is -2.30. The van der Waals surface area contributed by atoms with Crippen molar-refractivity contribution in [3.05, 3.63) is 65.0 Å². The molecule has 40 heavy (non-hydrogen) atoms. The second-order valence-electron chi connectivity index (χ2n) is 9.23. The van der Waals surface area contributed by atoms with Gasteiger partial charge in [0, 0.05) is 44.4 Å². The van der Waals surface area contributed by atoms with Gasteiger partial charge in [0.05, 0.1) is 18.7 Å². The first-order chi connectivity index (χ1) is 18.8. The fourth-order valence-electron chi connectivity index (χ4n) is 4.14. The molecule has 0 fully saturated rings. The van der Waals surface area contributed by atoms with Crippen molar-refractivity contribution >= 4 is 23.6 Å². The van der Waals surface area contributed by atoms with Gasteiger partial charge in [-0.2, -0.15) is 26.3 Å². The van der Waals surface area contributed by atoms with E-state index in [-0.39, 0.29) is 54.1 Å². The Bertz CT molecular complexity index is 1260. The Morgan fingerprint density at radius 3 is 2.42 bits per heavy atom. The summed E-state index contributed by atoms with van der Waals surface area (Å²) in [6.45, 7) is 1.15. The number of nitrogens with one attached hydrogen (secondary N) is 2. The van der Waals surface area contributed by atoms with Crippen molar-refractivity contribution in [2.24, 2.45) is 4.99 Å². The quantitative estimate of drug-likeness (QED) is 0.238. The van der Waals surface area contributed by atoms with Crippen molar-refractivity contribution in [1.29, 1.82) is 0 Å². The SMILES string of the molecule is CN=CCC(=O)NCC1=C(c2ccc(C)cn2)C[C@](c2ccc(OCCCC(F)(F)F)cc2)(C(F)(F)F)NC1=O. The molecular formula is C27H28F6N4O3. The van der Waals surface area contributed by atoms with Crippen LogP contribution in [0.2, 0.25) is 0 Å². The summed E-state index contributed by atoms with van der Waals surface area (Å²) in [5, 5.41) is 4.64. The maximum Gasteiger partial charge on any atom is 0.416 e. The van der Waals surface area contributed by atoms with Gasteiger partial charge in [-0.05, 0) is 48.2 Å². The highest BCUT2D eigenvalue weighted by molar-refractivity contribution is 6.04. The van der Waals surface area contributed by atoms with Gasteiger partial charge >= 0.3 is 12.4 Å². The summed E-state index contributed by atoms with van der Waals surface area (Å²) in [6, 6.07) is 7.81. The molecular weight excluding hydrogens is 542 g/mol. The lowest BCUT2D eigenvalue weighted by Crippen LogP contribution is -2.59. The number of aromatic nitrogens is 1. The molecule has 1 aromatic carbocycles. The summed E-state index contributed by atoms with van der Waals surface area (Å²) < 4.78 is 86.6. The van der Waals surface area contributed by atoms with E-state index in [4.69, 9.17) is 4.74 Å². The van der Waals surface area contributed by atoms with Gasteiger partial charge in [-0.25, -0.2) is 0 Å². The zero-order valence-electron chi connectivity index (χ0n) is 21.7. The number of ether oxygens (including phenoxy) is 1. The van der Waals surface area contributed by atoms with Crippen molar-refractivity contribution in [3.63, 3.8) is 0 Å². The molecule has 13 heteroatoms. The Labute approximate surface area is 226 Å². The molecule has 2 heterocycles. The monoisotopic (exact) mass is 570 g/mol. The third-order valence-corrected chi connectivity index (χ3v) is 6.25. The lowest BCUT2D eigenvalue weighted by Gasteiger charge is -2.41. The van der Waals surface area contributed by atoms with Crippen molar-refractivity contribution in [2.45, 2.75) is 50.5 Å². The van der Waals surface area contributed by atoms with Crippen LogP contribution in [0.5, 0.6) is 5.75 Å². The van der Waals surface area contributed by atoms with Crippen LogP contribution >= 0.6 is 0 Å². The predicted octanol–water partition coefficient (Wildman–Crippen LogP) is 5.05. The maximum atomic E-state index is 14.8. The topological polar surface area (TPSA) is 92.7 Å². The van der Waals surface area contributed by atoms with E-state index in [1.165, 1.54) is 37.7 Å². The molecule has 0 spiro atoms. The van der Waals surface area contributed by atoms with Crippen LogP contribution in [0.15, 0.2) is 53.2 Å². The van der Waals surface area contributed by atoms with Crippen molar-refractivity contribution in [3.8, 4) is 5.75 Å². The van der Waals surface area contributed by atoms with Gasteiger partial charge in [-0.3, -0.25) is 14.6 Å². The van der Waals surface area contributed by atoms with Crippen LogP contribution in [-0.4, -0.2) is 55.6 Å². The van der Waals surface area contributed by atoms with Gasteiger partial charge in [0.2, 0.25) is 11.8 Å². The molecule has 2 amide bonds. The molecule has 1 aromatic heterocycles. The number of rotatable bonds is 10. The molecule has 2 N–H and O–H groups in total. The molecule has 0 bridgehead atoms. The minimum atomic E-state index is -4.96. The number of benzene rings is 1. The average molecular weight is 571 g/mol. The van der Waals surface area contributed by atoms with E-state index in [0.29, 0.717) is 0 Å². The lowest BCUT2D eigenvalue weighted by molar-refractivity contribution is -0.201. The van der Waals surface area contributed by atoms with Crippen LogP contribution in [0.3, 0.4) is 0 Å². The van der Waals surface area contributed by atoms with Crippen molar-refractivity contribution in [2.75, 3.05) is 20.2 Å². The highest BCUT2D eigenvalue weighted by atomic mass is 19.4. The number of carbonyl (C=O) groups is 2. The van der Waals surface area contributed by atoms with E-state index >= 15 is 0 Å². The normalized spacial score (nSPS) is 18.1. The summed E-state index contributed by atoms with van der Waals surface area (Å²) in [7, 11) is 1.48. The number of hydrogen-bond donors (Lipinski definition) is 2. The Balaban J connectivity index is 1.96. The largest absolute Gasteiger partial charge is 0.494 e. The fourth-order valence-corrected chi connectivity index (χ4v) is 4.14. The predicted molar refractivity (Wildman–Crippen MR) is 136 cm³/mol. The Morgan fingerprint density at radius 2 is 1.85 bits per heavy atom. The van der Waals surface area contributed by atoms with Crippen molar-refractivity contribution < 1.29 is 40.7 Å². The van der Waals surface area contributed by atoms with E-state index in [1.807, 2.05) is 0 Å². The van der Waals surface area contributed by atoms with Gasteiger partial charge in [0.25, 0.3) is 0 Å². The number of halogens is 6. The Morgan fingerprint density at radius 1 is 1.15 bits per heavy atom. The second kappa shape index (κ2) is 12.5. The van der Waals surface area contributed by atoms with E-state index in [0.717, 1.165) is 17.7 Å². The molecule has 2 aromatic rings. The van der Waals surface area contributed by atoms with Crippen molar-refractivity contribution in [1.82, 2.24) is 15.6 Å². The van der Waals surface area contributed by atoms with Gasteiger partial charge < -0.3 is 20.4 Å². The van der Waals surface area contributed by atoms with Gasteiger partial charge in [-0.15, -0.1) is 0 Å². The van der Waals surface area contributed by atoms with E-state index < -0.39 is 42.5 Å². The zero-order chi connectivity index (χ0) is 29.6. The van der Waals surface area contributed by atoms with Gasteiger partial charge in [0.1, 0.15) is 5.75 Å². The lowest BCUT2D eigenvalue weighted by atomic mass is 9.77. The number of pyridine rings is 1. The van der Waals surface area contributed by atoms with E-state index in [9.17, 15) is 35.9 Å². The third-order valence-electron chi connectivity index (χ3n) is 6.25. The van der Waals surface area contributed by atoms with E-state index in [1.54, 1.807) is 13.0 Å². The number of hydrogen-bond acceptors (Lipinski definition) is 5. The summed E-state index contributed by atoms with van der Waals surface area (Å²) in [5.74, 6) is -1.42. The van der Waals surface area contributed by atoms with Crippen LogP contribution < -0.4 is 15.4 Å². The first-order valence-electron chi connectivity index (χ1n) is 12.3. The average Bonchev–Trinajstić information content (AvgIpc) is 2.88. The number of alkyl halides is 6. The first kappa shape index (κ1) is 30.6. The fraction of sp³-hybridized carbons (Fsp3) is 0.407. The number of carbonyl (C=O) groups excluding carboxylic acids is 2. The van der Waals surface area contributed by atoms with Crippen LogP contribution in [-0.2, 0) is 15.1 Å². The molecule has 1 atom stereocenters. The molecule has 1 aliphatic heterocycles.